The highest BCUT2D eigenvalue weighted by atomic mass is 19.4. The first-order valence-corrected chi connectivity index (χ1v) is 5.03. The van der Waals surface area contributed by atoms with Crippen molar-refractivity contribution in [1.82, 2.24) is 5.01 Å². The minimum atomic E-state index is -4.37. The molecule has 0 amide bonds. The molecule has 0 bridgehead atoms. The average Bonchev–Trinajstić information content (AvgIpc) is 2.14. The van der Waals surface area contributed by atoms with Crippen molar-refractivity contribution in [1.29, 1.82) is 0 Å². The summed E-state index contributed by atoms with van der Waals surface area (Å²) in [4.78, 5) is 0. The highest BCUT2D eigenvalue weighted by molar-refractivity contribution is 5.72. The van der Waals surface area contributed by atoms with Crippen molar-refractivity contribution >= 4 is 11.4 Å². The van der Waals surface area contributed by atoms with Crippen molar-refractivity contribution in [2.24, 2.45) is 0 Å². The molecule has 0 unspecified atom stereocenters. The average molecular weight is 247 g/mol. The fraction of sp³-hybridized carbons (Fsp3) is 0.455. The molecule has 1 aromatic rings. The van der Waals surface area contributed by atoms with Crippen LogP contribution >= 0.6 is 0 Å². The zero-order valence-corrected chi connectivity index (χ0v) is 10.3. The molecule has 1 aromatic carbocycles. The Kier molecular flexibility index (Phi) is 3.56. The first kappa shape index (κ1) is 13.6. The number of hydrazine groups is 1. The topological polar surface area (TPSA) is 32.5 Å². The second kappa shape index (κ2) is 4.44. The van der Waals surface area contributed by atoms with Crippen molar-refractivity contribution in [3.63, 3.8) is 0 Å². The van der Waals surface area contributed by atoms with Crippen LogP contribution in [0.4, 0.5) is 24.5 Å². The predicted octanol–water partition coefficient (Wildman–Crippen LogP) is 2.51. The molecule has 0 radical (unpaired) electrons. The van der Waals surface area contributed by atoms with Gasteiger partial charge < -0.3 is 10.7 Å². The minimum Gasteiger partial charge on any atom is -0.397 e. The Balaban J connectivity index is 3.29. The van der Waals surface area contributed by atoms with Gasteiger partial charge in [0, 0.05) is 21.1 Å². The minimum absolute atomic E-state index is 0.119. The summed E-state index contributed by atoms with van der Waals surface area (Å²) in [5.41, 5.74) is 6.17. The van der Waals surface area contributed by atoms with Crippen molar-refractivity contribution in [3.05, 3.63) is 23.3 Å². The van der Waals surface area contributed by atoms with E-state index in [2.05, 4.69) is 0 Å². The summed E-state index contributed by atoms with van der Waals surface area (Å²) in [5, 5.41) is 3.44. The standard InChI is InChI=1S/C11H16F3N3/c1-7-5-8(11(12,13)14)6-9(15)10(7)17(4)16(2)3/h5-6H,15H2,1-4H3. The molecular formula is C11H16F3N3. The van der Waals surface area contributed by atoms with E-state index in [0.717, 1.165) is 12.1 Å². The maximum absolute atomic E-state index is 12.6. The molecule has 0 saturated heterocycles. The van der Waals surface area contributed by atoms with Crippen LogP contribution in [0.1, 0.15) is 11.1 Å². The van der Waals surface area contributed by atoms with Crippen LogP contribution in [0.5, 0.6) is 0 Å². The maximum Gasteiger partial charge on any atom is 0.416 e. The van der Waals surface area contributed by atoms with E-state index in [1.165, 1.54) is 0 Å². The summed E-state index contributed by atoms with van der Waals surface area (Å²) >= 11 is 0. The van der Waals surface area contributed by atoms with Gasteiger partial charge in [-0.2, -0.15) is 13.2 Å². The molecule has 0 fully saturated rings. The Bertz CT molecular complexity index is 390. The van der Waals surface area contributed by atoms with Crippen LogP contribution in [0.15, 0.2) is 12.1 Å². The van der Waals surface area contributed by atoms with Crippen LogP contribution in [-0.2, 0) is 6.18 Å². The number of alkyl halides is 3. The SMILES string of the molecule is Cc1cc(C(F)(F)F)cc(N)c1N(C)N(C)C. The van der Waals surface area contributed by atoms with Crippen LogP contribution in [0.3, 0.4) is 0 Å². The normalized spacial score (nSPS) is 12.0. The number of rotatable bonds is 2. The molecule has 6 heteroatoms. The van der Waals surface area contributed by atoms with E-state index >= 15 is 0 Å². The van der Waals surface area contributed by atoms with Crippen molar-refractivity contribution in [2.75, 3.05) is 31.9 Å². The number of nitrogen functional groups attached to an aromatic ring is 1. The Hall–Kier alpha value is -1.43. The number of aryl methyl sites for hydroxylation is 1. The molecule has 0 aliphatic carbocycles. The lowest BCUT2D eigenvalue weighted by atomic mass is 10.1. The summed E-state index contributed by atoms with van der Waals surface area (Å²) < 4.78 is 37.7. The van der Waals surface area contributed by atoms with Crippen molar-refractivity contribution < 1.29 is 13.2 Å². The molecule has 3 nitrogen and oxygen atoms in total. The number of nitrogens with two attached hydrogens (primary N) is 1. The molecule has 17 heavy (non-hydrogen) atoms. The molecule has 0 aliphatic rings. The number of benzene rings is 1. The van der Waals surface area contributed by atoms with E-state index in [0.29, 0.717) is 11.3 Å². The molecule has 0 heterocycles. The van der Waals surface area contributed by atoms with Crippen LogP contribution in [0.25, 0.3) is 0 Å². The lowest BCUT2D eigenvalue weighted by Gasteiger charge is -2.29. The molecule has 0 atom stereocenters. The fourth-order valence-electron chi connectivity index (χ4n) is 1.61. The van der Waals surface area contributed by atoms with Crippen LogP contribution in [0, 0.1) is 6.92 Å². The third-order valence-electron chi connectivity index (χ3n) is 2.58. The summed E-state index contributed by atoms with van der Waals surface area (Å²) in [6.07, 6.45) is -4.37. The third kappa shape index (κ3) is 2.82. The molecule has 0 aromatic heterocycles. The smallest absolute Gasteiger partial charge is 0.397 e. The predicted molar refractivity (Wildman–Crippen MR) is 62.7 cm³/mol. The number of hydrogen-bond donors (Lipinski definition) is 1. The second-order valence-electron chi connectivity index (χ2n) is 4.10. The van der Waals surface area contributed by atoms with E-state index in [-0.39, 0.29) is 5.69 Å². The first-order chi connectivity index (χ1) is 7.64. The first-order valence-electron chi connectivity index (χ1n) is 5.03. The Labute approximate surface area is 98.6 Å². The van der Waals surface area contributed by atoms with Gasteiger partial charge in [0.2, 0.25) is 0 Å². The quantitative estimate of drug-likeness (QED) is 0.643. The molecule has 1 rings (SSSR count). The van der Waals surface area contributed by atoms with Gasteiger partial charge >= 0.3 is 6.18 Å². The van der Waals surface area contributed by atoms with E-state index in [1.807, 2.05) is 0 Å². The molecule has 96 valence electrons. The number of halogens is 3. The summed E-state index contributed by atoms with van der Waals surface area (Å²) in [6, 6.07) is 2.06. The molecule has 0 saturated carbocycles. The largest absolute Gasteiger partial charge is 0.416 e. The van der Waals surface area contributed by atoms with Gasteiger partial charge in [0.05, 0.1) is 16.9 Å². The van der Waals surface area contributed by atoms with E-state index in [9.17, 15) is 13.2 Å². The van der Waals surface area contributed by atoms with Gasteiger partial charge in [-0.3, -0.25) is 0 Å². The summed E-state index contributed by atoms with van der Waals surface area (Å²) in [5.74, 6) is 0. The fourth-order valence-corrected chi connectivity index (χ4v) is 1.61. The van der Waals surface area contributed by atoms with Crippen LogP contribution in [-0.4, -0.2) is 26.2 Å². The van der Waals surface area contributed by atoms with Crippen LogP contribution in [0.2, 0.25) is 0 Å². The molecule has 0 aliphatic heterocycles. The maximum atomic E-state index is 12.6. The second-order valence-corrected chi connectivity index (χ2v) is 4.10. The monoisotopic (exact) mass is 247 g/mol. The number of hydrogen-bond acceptors (Lipinski definition) is 3. The zero-order valence-electron chi connectivity index (χ0n) is 10.3. The highest BCUT2D eigenvalue weighted by Crippen LogP contribution is 2.36. The van der Waals surface area contributed by atoms with E-state index < -0.39 is 11.7 Å². The van der Waals surface area contributed by atoms with Gasteiger partial charge in [0.1, 0.15) is 0 Å². The van der Waals surface area contributed by atoms with Gasteiger partial charge in [-0.1, -0.05) is 0 Å². The lowest BCUT2D eigenvalue weighted by Crippen LogP contribution is -2.34. The van der Waals surface area contributed by atoms with Crippen molar-refractivity contribution in [3.8, 4) is 0 Å². The van der Waals surface area contributed by atoms with E-state index in [4.69, 9.17) is 5.73 Å². The highest BCUT2D eigenvalue weighted by Gasteiger charge is 2.31. The Morgan fingerprint density at radius 3 is 2.00 bits per heavy atom. The lowest BCUT2D eigenvalue weighted by molar-refractivity contribution is -0.137. The van der Waals surface area contributed by atoms with Crippen LogP contribution < -0.4 is 10.7 Å². The number of anilines is 2. The Morgan fingerprint density at radius 1 is 1.12 bits per heavy atom. The third-order valence-corrected chi connectivity index (χ3v) is 2.58. The summed E-state index contributed by atoms with van der Waals surface area (Å²) in [7, 11) is 5.32. The zero-order chi connectivity index (χ0) is 13.4. The van der Waals surface area contributed by atoms with Gasteiger partial charge in [0.25, 0.3) is 0 Å². The van der Waals surface area contributed by atoms with Gasteiger partial charge in [-0.05, 0) is 24.6 Å². The van der Waals surface area contributed by atoms with Gasteiger partial charge in [-0.25, -0.2) is 5.01 Å². The summed E-state index contributed by atoms with van der Waals surface area (Å²) in [6.45, 7) is 1.61. The van der Waals surface area contributed by atoms with Crippen molar-refractivity contribution in [2.45, 2.75) is 13.1 Å². The number of nitrogens with zero attached hydrogens (tertiary/aromatic N) is 2. The molecule has 2 N–H and O–H groups in total. The Morgan fingerprint density at radius 2 is 1.65 bits per heavy atom. The van der Waals surface area contributed by atoms with Gasteiger partial charge in [-0.15, -0.1) is 0 Å². The molecule has 0 spiro atoms. The molecular weight excluding hydrogens is 231 g/mol. The van der Waals surface area contributed by atoms with Gasteiger partial charge in [0.15, 0.2) is 0 Å². The van der Waals surface area contributed by atoms with E-state index in [1.54, 1.807) is 38.1 Å².